The van der Waals surface area contributed by atoms with Crippen LogP contribution in [0.1, 0.15) is 49.9 Å². The number of hydrogen-bond acceptors (Lipinski definition) is 2. The molecular formula is C126H86N2S2. The van der Waals surface area contributed by atoms with Crippen LogP contribution in [0.25, 0.3) is 229 Å². The van der Waals surface area contributed by atoms with E-state index in [-0.39, 0.29) is 10.8 Å². The number of benzene rings is 20. The second kappa shape index (κ2) is 30.6. The van der Waals surface area contributed by atoms with Crippen LogP contribution in [0, 0.1) is 0 Å². The molecule has 612 valence electrons. The molecule has 2 aliphatic rings. The van der Waals surface area contributed by atoms with E-state index in [0.29, 0.717) is 0 Å². The van der Waals surface area contributed by atoms with E-state index in [1.165, 1.54) is 245 Å². The Labute approximate surface area is 764 Å². The standard InChI is InChI=1S/2C63H43NS/c1-63(2)57-22-12-9-19-50(57)51-31-30-44(38-58(51)63)55-36-48(37-56-54-21-11-14-24-61(54)65-62(55)56)47-34-45(42-27-25-41(26-28-42)40-15-5-3-6-16-40)33-46(35-47)43-29-32-53-52-20-10-13-23-59(52)64(60(53)39-43)49-17-7-4-8-18-49;1-63(2)57-22-12-9-19-50(57)51-32-30-49(39-58(51)63)64-59-23-13-10-20-52(59)53-31-29-44(38-60(53)64)46-33-45(42-27-25-41(26-28-42)40-15-5-3-6-16-40)34-47(35-46)48-36-55(43-17-7-4-8-18-43)62-56(37-48)54-21-11-14-24-61(54)65-62/h2*3-39H,1-2H3. The van der Waals surface area contributed by atoms with E-state index < -0.39 is 0 Å². The average molecular weight is 1690 g/mol. The fourth-order valence-corrected chi connectivity index (χ4v) is 23.8. The lowest BCUT2D eigenvalue weighted by Gasteiger charge is -2.22. The number of fused-ring (bicyclic) bond motifs is 18. The monoisotopic (exact) mass is 1690 g/mol. The largest absolute Gasteiger partial charge is 0.309 e. The molecule has 26 rings (SSSR count). The Balaban J connectivity index is 0.000000140. The third kappa shape index (κ3) is 12.8. The first kappa shape index (κ1) is 76.8. The molecule has 2 nitrogen and oxygen atoms in total. The van der Waals surface area contributed by atoms with E-state index in [2.05, 4.69) is 486 Å². The molecule has 0 saturated carbocycles. The summed E-state index contributed by atoms with van der Waals surface area (Å²) in [5.74, 6) is 0. The summed E-state index contributed by atoms with van der Waals surface area (Å²) in [4.78, 5) is 0. The van der Waals surface area contributed by atoms with Crippen LogP contribution in [-0.4, -0.2) is 9.13 Å². The SMILES string of the molecule is CC1(C)c2ccccc2-c2ccc(-c3cc(-c4cc(-c5ccc(-c6ccccc6)cc5)cc(-c5ccc6c7ccccc7n(-c7ccccc7)c6c5)c4)cc4c3sc3ccccc34)cc21.CC1(C)c2ccccc2-c2ccc(-n3c4ccccc4c4ccc(-c5cc(-c6ccc(-c7ccccc7)cc6)cc(-c6cc(-c7ccccc7)c7sc8ccccc8c7c6)c5)cc43)cc21. The van der Waals surface area contributed by atoms with Crippen LogP contribution < -0.4 is 0 Å². The van der Waals surface area contributed by atoms with Crippen molar-refractivity contribution in [1.82, 2.24) is 9.13 Å². The van der Waals surface area contributed by atoms with Crippen molar-refractivity contribution in [3.05, 3.63) is 471 Å². The molecule has 20 aromatic carbocycles. The van der Waals surface area contributed by atoms with Crippen LogP contribution in [-0.2, 0) is 10.8 Å². The van der Waals surface area contributed by atoms with E-state index in [1.807, 2.05) is 22.7 Å². The molecule has 0 radical (unpaired) electrons. The molecule has 2 aliphatic carbocycles. The van der Waals surface area contributed by atoms with E-state index in [0.717, 1.165) is 5.69 Å². The fourth-order valence-electron chi connectivity index (χ4n) is 21.4. The second-order valence-corrected chi connectivity index (χ2v) is 38.3. The number of hydrogen-bond donors (Lipinski definition) is 0. The maximum absolute atomic E-state index is 2.49. The highest BCUT2D eigenvalue weighted by Crippen LogP contribution is 2.55. The quantitative estimate of drug-likeness (QED) is 0.115. The minimum atomic E-state index is -0.0965. The Bertz CT molecular complexity index is 8680. The third-order valence-electron chi connectivity index (χ3n) is 28.0. The summed E-state index contributed by atoms with van der Waals surface area (Å²) >= 11 is 3.80. The molecule has 0 atom stereocenters. The van der Waals surface area contributed by atoms with Gasteiger partial charge in [0.1, 0.15) is 0 Å². The van der Waals surface area contributed by atoms with E-state index >= 15 is 0 Å². The zero-order valence-electron chi connectivity index (χ0n) is 72.4. The molecular weight excluding hydrogens is 1610 g/mol. The lowest BCUT2D eigenvalue weighted by molar-refractivity contribution is 0.660. The zero-order valence-corrected chi connectivity index (χ0v) is 74.1. The second-order valence-electron chi connectivity index (χ2n) is 36.2. The molecule has 4 heteroatoms. The Morgan fingerprint density at radius 2 is 0.469 bits per heavy atom. The number of rotatable bonds is 12. The first-order chi connectivity index (χ1) is 63.9. The predicted octanol–water partition coefficient (Wildman–Crippen LogP) is 35.6. The first-order valence-electron chi connectivity index (χ1n) is 45.1. The normalized spacial score (nSPS) is 12.9. The van der Waals surface area contributed by atoms with Gasteiger partial charge in [-0.25, -0.2) is 0 Å². The van der Waals surface area contributed by atoms with Crippen molar-refractivity contribution in [2.24, 2.45) is 0 Å². The first-order valence-corrected chi connectivity index (χ1v) is 46.8. The van der Waals surface area contributed by atoms with Gasteiger partial charge < -0.3 is 9.13 Å². The predicted molar refractivity (Wildman–Crippen MR) is 557 cm³/mol. The molecule has 4 heterocycles. The summed E-state index contributed by atoms with van der Waals surface area (Å²) < 4.78 is 10.2. The number of thiophene rings is 2. The van der Waals surface area contributed by atoms with Gasteiger partial charge in [0.15, 0.2) is 0 Å². The van der Waals surface area contributed by atoms with E-state index in [9.17, 15) is 0 Å². The molecule has 130 heavy (non-hydrogen) atoms. The van der Waals surface area contributed by atoms with Crippen molar-refractivity contribution >= 4 is 107 Å². The van der Waals surface area contributed by atoms with Gasteiger partial charge in [0.05, 0.1) is 22.1 Å². The van der Waals surface area contributed by atoms with Crippen molar-refractivity contribution < 1.29 is 0 Å². The van der Waals surface area contributed by atoms with Crippen molar-refractivity contribution in [3.63, 3.8) is 0 Å². The summed E-state index contributed by atoms with van der Waals surface area (Å²) in [7, 11) is 0. The molecule has 24 aromatic rings. The highest BCUT2D eigenvalue weighted by Gasteiger charge is 2.38. The van der Waals surface area contributed by atoms with Gasteiger partial charge >= 0.3 is 0 Å². The third-order valence-corrected chi connectivity index (χ3v) is 30.4. The molecule has 0 aliphatic heterocycles. The van der Waals surface area contributed by atoms with Gasteiger partial charge in [-0.3, -0.25) is 0 Å². The van der Waals surface area contributed by atoms with Crippen LogP contribution in [0.4, 0.5) is 0 Å². The van der Waals surface area contributed by atoms with Crippen molar-refractivity contribution in [2.45, 2.75) is 38.5 Å². The van der Waals surface area contributed by atoms with Crippen molar-refractivity contribution in [2.75, 3.05) is 0 Å². The van der Waals surface area contributed by atoms with Crippen LogP contribution in [0.5, 0.6) is 0 Å². The molecule has 0 fully saturated rings. The van der Waals surface area contributed by atoms with Crippen molar-refractivity contribution in [1.29, 1.82) is 0 Å². The average Bonchev–Trinajstić information content (AvgIpc) is 1.60. The van der Waals surface area contributed by atoms with E-state index in [4.69, 9.17) is 0 Å². The number of nitrogens with zero attached hydrogens (tertiary/aromatic N) is 2. The molecule has 0 amide bonds. The maximum atomic E-state index is 2.49. The van der Waals surface area contributed by atoms with E-state index in [1.54, 1.807) is 0 Å². The number of para-hydroxylation sites is 3. The summed E-state index contributed by atoms with van der Waals surface area (Å²) in [6, 6.07) is 167. The minimum Gasteiger partial charge on any atom is -0.309 e. The van der Waals surface area contributed by atoms with Gasteiger partial charge in [-0.2, -0.15) is 0 Å². The highest BCUT2D eigenvalue weighted by atomic mass is 32.1. The topological polar surface area (TPSA) is 9.86 Å². The Morgan fingerprint density at radius 1 is 0.162 bits per heavy atom. The van der Waals surface area contributed by atoms with Gasteiger partial charge in [-0.1, -0.05) is 349 Å². The van der Waals surface area contributed by atoms with Gasteiger partial charge in [0.2, 0.25) is 0 Å². The Kier molecular flexibility index (Phi) is 18.1. The molecule has 4 aromatic heterocycles. The Morgan fingerprint density at radius 3 is 0.938 bits per heavy atom. The smallest absolute Gasteiger partial charge is 0.0547 e. The Hall–Kier alpha value is -15.6. The van der Waals surface area contributed by atoms with Crippen LogP contribution in [0.2, 0.25) is 0 Å². The molecule has 0 bridgehead atoms. The maximum Gasteiger partial charge on any atom is 0.0547 e. The van der Waals surface area contributed by atoms with Crippen LogP contribution in [0.3, 0.4) is 0 Å². The molecule has 0 spiro atoms. The fraction of sp³-hybridized carbons (Fsp3) is 0.0476. The minimum absolute atomic E-state index is 0.0918. The van der Waals surface area contributed by atoms with Crippen LogP contribution in [0.15, 0.2) is 449 Å². The van der Waals surface area contributed by atoms with Gasteiger partial charge in [-0.05, 0) is 272 Å². The lowest BCUT2D eigenvalue weighted by atomic mass is 9.81. The van der Waals surface area contributed by atoms with Gasteiger partial charge in [0.25, 0.3) is 0 Å². The zero-order chi connectivity index (χ0) is 86.5. The number of aromatic nitrogens is 2. The van der Waals surface area contributed by atoms with Gasteiger partial charge in [0, 0.05) is 95.2 Å². The van der Waals surface area contributed by atoms with Crippen LogP contribution >= 0.6 is 22.7 Å². The van der Waals surface area contributed by atoms with Gasteiger partial charge in [-0.15, -0.1) is 22.7 Å². The van der Waals surface area contributed by atoms with Crippen molar-refractivity contribution in [3.8, 4) is 145 Å². The lowest BCUT2D eigenvalue weighted by Crippen LogP contribution is -2.15. The molecule has 0 N–H and O–H groups in total. The highest BCUT2D eigenvalue weighted by molar-refractivity contribution is 7.26. The summed E-state index contributed by atoms with van der Waals surface area (Å²) in [6.07, 6.45) is 0. The summed E-state index contributed by atoms with van der Waals surface area (Å²) in [5.41, 5.74) is 42.1. The summed E-state index contributed by atoms with van der Waals surface area (Å²) in [6.45, 7) is 9.49. The molecule has 0 unspecified atom stereocenters. The molecule has 0 saturated heterocycles. The summed E-state index contributed by atoms with van der Waals surface area (Å²) in [5, 5.41) is 10.2.